The zero-order valence-corrected chi connectivity index (χ0v) is 12.4. The van der Waals surface area contributed by atoms with Crippen LogP contribution >= 0.6 is 0 Å². The van der Waals surface area contributed by atoms with Gasteiger partial charge in [-0.05, 0) is 30.7 Å². The fourth-order valence-corrected chi connectivity index (χ4v) is 3.90. The average molecular weight is 304 g/mol. The smallest absolute Gasteiger partial charge is 0.338 e. The predicted octanol–water partition coefficient (Wildman–Crippen LogP) is 3.31. The van der Waals surface area contributed by atoms with Gasteiger partial charge in [-0.15, -0.1) is 0 Å². The highest BCUT2D eigenvalue weighted by molar-refractivity contribution is 5.95. The van der Waals surface area contributed by atoms with Crippen molar-refractivity contribution in [2.45, 2.75) is 32.1 Å². The molecule has 0 radical (unpaired) electrons. The van der Waals surface area contributed by atoms with E-state index in [1.165, 1.54) is 37.8 Å². The number of non-ortho nitro benzene ring substituents is 1. The zero-order valence-electron chi connectivity index (χ0n) is 12.4. The molecule has 2 unspecified atom stereocenters. The Morgan fingerprint density at radius 1 is 1.23 bits per heavy atom. The minimum atomic E-state index is -1.11. The highest BCUT2D eigenvalue weighted by Crippen LogP contribution is 2.38. The molecule has 6 heteroatoms. The molecule has 0 aromatic heterocycles. The van der Waals surface area contributed by atoms with E-state index >= 15 is 0 Å². The number of nitro groups is 1. The molecule has 0 amide bonds. The number of hydrogen-bond acceptors (Lipinski definition) is 4. The first-order chi connectivity index (χ1) is 10.6. The molecule has 22 heavy (non-hydrogen) atoms. The van der Waals surface area contributed by atoms with Crippen LogP contribution in [0.2, 0.25) is 0 Å². The Morgan fingerprint density at radius 3 is 2.64 bits per heavy atom. The standard InChI is InChI=1S/C16H20N2O4/c19-16(20)14-9-13(18(21)22)5-6-15(14)17-8-7-11-3-1-2-4-12(11)10-17/h5-6,9,11-12H,1-4,7-8,10H2,(H,19,20). The molecule has 1 aromatic rings. The van der Waals surface area contributed by atoms with Gasteiger partial charge >= 0.3 is 5.97 Å². The van der Waals surface area contributed by atoms with E-state index in [0.29, 0.717) is 11.6 Å². The minimum absolute atomic E-state index is 0.0310. The number of hydrogen-bond donors (Lipinski definition) is 1. The number of benzene rings is 1. The Hall–Kier alpha value is -2.11. The van der Waals surface area contributed by atoms with Gasteiger partial charge in [-0.2, -0.15) is 0 Å². The number of carboxylic acids is 1. The summed E-state index contributed by atoms with van der Waals surface area (Å²) in [6.45, 7) is 1.70. The SMILES string of the molecule is O=C(O)c1cc([N+](=O)[O-])ccc1N1CCC2CCCCC2C1. The number of carbonyl (C=O) groups is 1. The van der Waals surface area contributed by atoms with Crippen molar-refractivity contribution in [1.82, 2.24) is 0 Å². The summed E-state index contributed by atoms with van der Waals surface area (Å²) >= 11 is 0. The number of rotatable bonds is 3. The van der Waals surface area contributed by atoms with E-state index in [0.717, 1.165) is 25.4 Å². The molecular formula is C16H20N2O4. The van der Waals surface area contributed by atoms with Crippen LogP contribution in [0.5, 0.6) is 0 Å². The first-order valence-electron chi connectivity index (χ1n) is 7.83. The first kappa shape index (κ1) is 14.8. The van der Waals surface area contributed by atoms with Gasteiger partial charge in [-0.3, -0.25) is 10.1 Å². The molecule has 1 aliphatic carbocycles. The van der Waals surface area contributed by atoms with Gasteiger partial charge in [0, 0.05) is 25.2 Å². The fraction of sp³-hybridized carbons (Fsp3) is 0.562. The van der Waals surface area contributed by atoms with Gasteiger partial charge in [0.15, 0.2) is 0 Å². The van der Waals surface area contributed by atoms with Crippen LogP contribution in [0.25, 0.3) is 0 Å². The fourth-order valence-electron chi connectivity index (χ4n) is 3.90. The molecule has 2 atom stereocenters. The first-order valence-corrected chi connectivity index (χ1v) is 7.83. The monoisotopic (exact) mass is 304 g/mol. The normalized spacial score (nSPS) is 24.6. The van der Waals surface area contributed by atoms with E-state index in [1.54, 1.807) is 6.07 Å². The van der Waals surface area contributed by atoms with Crippen molar-refractivity contribution in [2.75, 3.05) is 18.0 Å². The van der Waals surface area contributed by atoms with Crippen molar-refractivity contribution in [1.29, 1.82) is 0 Å². The van der Waals surface area contributed by atoms with E-state index in [9.17, 15) is 20.0 Å². The van der Waals surface area contributed by atoms with Crippen LogP contribution in [0.1, 0.15) is 42.5 Å². The van der Waals surface area contributed by atoms with Gasteiger partial charge in [0.1, 0.15) is 0 Å². The number of anilines is 1. The third-order valence-corrected chi connectivity index (χ3v) is 5.05. The second-order valence-corrected chi connectivity index (χ2v) is 6.30. The Bertz CT molecular complexity index is 602. The third kappa shape index (κ3) is 2.77. The molecule has 2 fully saturated rings. The summed E-state index contributed by atoms with van der Waals surface area (Å²) in [7, 11) is 0. The molecule has 0 bridgehead atoms. The summed E-state index contributed by atoms with van der Waals surface area (Å²) in [5.74, 6) is 0.278. The average Bonchev–Trinajstić information content (AvgIpc) is 2.53. The van der Waals surface area contributed by atoms with E-state index in [2.05, 4.69) is 4.90 Å². The number of carboxylic acid groups (broad SMARTS) is 1. The van der Waals surface area contributed by atoms with Gasteiger partial charge in [-0.1, -0.05) is 19.3 Å². The lowest BCUT2D eigenvalue weighted by molar-refractivity contribution is -0.384. The third-order valence-electron chi connectivity index (χ3n) is 5.05. The van der Waals surface area contributed by atoms with Gasteiger partial charge in [0.05, 0.1) is 16.2 Å². The predicted molar refractivity (Wildman–Crippen MR) is 82.3 cm³/mol. The van der Waals surface area contributed by atoms with Crippen molar-refractivity contribution >= 4 is 17.3 Å². The van der Waals surface area contributed by atoms with Crippen LogP contribution in [-0.2, 0) is 0 Å². The Kier molecular flexibility index (Phi) is 4.00. The summed E-state index contributed by atoms with van der Waals surface area (Å²) in [5, 5.41) is 20.2. The molecule has 118 valence electrons. The van der Waals surface area contributed by atoms with Crippen LogP contribution in [0.15, 0.2) is 18.2 Å². The van der Waals surface area contributed by atoms with Gasteiger partial charge in [0.25, 0.3) is 5.69 Å². The maximum Gasteiger partial charge on any atom is 0.338 e. The van der Waals surface area contributed by atoms with Gasteiger partial charge in [-0.25, -0.2) is 4.79 Å². The lowest BCUT2D eigenvalue weighted by Crippen LogP contribution is -2.42. The molecule has 1 N–H and O–H groups in total. The van der Waals surface area contributed by atoms with Gasteiger partial charge < -0.3 is 10.0 Å². The van der Waals surface area contributed by atoms with Crippen molar-refractivity contribution in [3.8, 4) is 0 Å². The zero-order chi connectivity index (χ0) is 15.7. The number of nitro benzene ring substituents is 1. The molecule has 1 saturated carbocycles. The Labute approximate surface area is 128 Å². The maximum absolute atomic E-state index is 11.5. The van der Waals surface area contributed by atoms with E-state index in [-0.39, 0.29) is 11.3 Å². The largest absolute Gasteiger partial charge is 0.478 e. The highest BCUT2D eigenvalue weighted by atomic mass is 16.6. The molecule has 1 saturated heterocycles. The summed E-state index contributed by atoms with van der Waals surface area (Å²) in [6.07, 6.45) is 6.13. The molecule has 1 aromatic carbocycles. The number of nitrogens with zero attached hydrogens (tertiary/aromatic N) is 2. The van der Waals surface area contributed by atoms with E-state index in [1.807, 2.05) is 0 Å². The molecule has 1 aliphatic heterocycles. The van der Waals surface area contributed by atoms with Crippen LogP contribution in [0.3, 0.4) is 0 Å². The number of fused-ring (bicyclic) bond motifs is 1. The maximum atomic E-state index is 11.5. The molecule has 1 heterocycles. The molecular weight excluding hydrogens is 284 g/mol. The second-order valence-electron chi connectivity index (χ2n) is 6.30. The lowest BCUT2D eigenvalue weighted by Gasteiger charge is -2.42. The van der Waals surface area contributed by atoms with Crippen LogP contribution in [-0.4, -0.2) is 29.1 Å². The van der Waals surface area contributed by atoms with Crippen LogP contribution in [0.4, 0.5) is 11.4 Å². The van der Waals surface area contributed by atoms with Crippen LogP contribution in [0, 0.1) is 22.0 Å². The Balaban J connectivity index is 1.87. The summed E-state index contributed by atoms with van der Waals surface area (Å²) in [6, 6.07) is 4.16. The van der Waals surface area contributed by atoms with Crippen LogP contribution < -0.4 is 4.90 Å². The Morgan fingerprint density at radius 2 is 1.95 bits per heavy atom. The molecule has 3 rings (SSSR count). The summed E-state index contributed by atoms with van der Waals surface area (Å²) < 4.78 is 0. The van der Waals surface area contributed by atoms with E-state index in [4.69, 9.17) is 0 Å². The van der Waals surface area contributed by atoms with Crippen molar-refractivity contribution in [3.63, 3.8) is 0 Å². The highest BCUT2D eigenvalue weighted by Gasteiger charge is 2.32. The molecule has 6 nitrogen and oxygen atoms in total. The second kappa shape index (κ2) is 5.94. The van der Waals surface area contributed by atoms with Gasteiger partial charge in [0.2, 0.25) is 0 Å². The molecule has 2 aliphatic rings. The summed E-state index contributed by atoms with van der Waals surface area (Å²) in [4.78, 5) is 23.9. The number of piperidine rings is 1. The summed E-state index contributed by atoms with van der Waals surface area (Å²) in [5.41, 5.74) is 0.472. The molecule has 0 spiro atoms. The number of aromatic carboxylic acids is 1. The quantitative estimate of drug-likeness (QED) is 0.684. The van der Waals surface area contributed by atoms with Crippen molar-refractivity contribution in [3.05, 3.63) is 33.9 Å². The van der Waals surface area contributed by atoms with E-state index < -0.39 is 10.9 Å². The minimum Gasteiger partial charge on any atom is -0.478 e. The lowest BCUT2D eigenvalue weighted by atomic mass is 9.75. The van der Waals surface area contributed by atoms with Crippen molar-refractivity contribution < 1.29 is 14.8 Å². The van der Waals surface area contributed by atoms with Crippen molar-refractivity contribution in [2.24, 2.45) is 11.8 Å². The topological polar surface area (TPSA) is 83.7 Å².